The van der Waals surface area contributed by atoms with Crippen molar-refractivity contribution in [2.45, 2.75) is 32.2 Å². The van der Waals surface area contributed by atoms with Crippen LogP contribution in [0.15, 0.2) is 12.2 Å². The quantitative estimate of drug-likeness (QED) is 0.632. The average Bonchev–Trinajstić information content (AvgIpc) is 2.60. The Bertz CT molecular complexity index is 187. The van der Waals surface area contributed by atoms with Gasteiger partial charge in [-0.3, -0.25) is 0 Å². The molecule has 0 bridgehead atoms. The third-order valence-electron chi connectivity index (χ3n) is 3.59. The molecule has 0 heterocycles. The van der Waals surface area contributed by atoms with E-state index < -0.39 is 0 Å². The average molecular weight is 165 g/mol. The summed E-state index contributed by atoms with van der Waals surface area (Å²) in [7, 11) is 2.06. The number of likely N-dealkylation sites (N-methyl/N-ethyl adjacent to an activating group) is 1. The molecule has 2 aliphatic rings. The first-order valence-electron chi connectivity index (χ1n) is 5.05. The summed E-state index contributed by atoms with van der Waals surface area (Å²) in [5.74, 6) is 3.06. The summed E-state index contributed by atoms with van der Waals surface area (Å²) < 4.78 is 0. The van der Waals surface area contributed by atoms with Gasteiger partial charge in [0.2, 0.25) is 0 Å². The third kappa shape index (κ3) is 1.31. The molecule has 68 valence electrons. The number of hydrogen-bond donors (Lipinski definition) is 1. The molecule has 0 spiro atoms. The minimum Gasteiger partial charge on any atom is -0.313 e. The van der Waals surface area contributed by atoms with E-state index in [1.165, 1.54) is 24.8 Å². The van der Waals surface area contributed by atoms with E-state index in [0.29, 0.717) is 6.04 Å². The Labute approximate surface area is 75.2 Å². The molecule has 0 amide bonds. The van der Waals surface area contributed by atoms with Crippen LogP contribution in [0.5, 0.6) is 0 Å². The Hall–Kier alpha value is -0.300. The lowest BCUT2D eigenvalue weighted by molar-refractivity contribution is 0.388. The Balaban J connectivity index is 1.93. The lowest BCUT2D eigenvalue weighted by Crippen LogP contribution is -2.33. The van der Waals surface area contributed by atoms with Crippen LogP contribution in [-0.4, -0.2) is 13.1 Å². The second-order valence-electron chi connectivity index (χ2n) is 4.60. The summed E-state index contributed by atoms with van der Waals surface area (Å²) in [6.45, 7) is 6.19. The molecule has 2 rings (SSSR count). The lowest BCUT2D eigenvalue weighted by Gasteiger charge is -2.24. The topological polar surface area (TPSA) is 12.0 Å². The van der Waals surface area contributed by atoms with Crippen molar-refractivity contribution >= 4 is 0 Å². The number of hydrogen-bond acceptors (Lipinski definition) is 1. The Morgan fingerprint density at radius 1 is 1.33 bits per heavy atom. The zero-order valence-electron chi connectivity index (χ0n) is 8.14. The molecular formula is C11H19N. The summed E-state index contributed by atoms with van der Waals surface area (Å²) in [5, 5.41) is 3.38. The van der Waals surface area contributed by atoms with Gasteiger partial charge in [-0.25, -0.2) is 0 Å². The van der Waals surface area contributed by atoms with Crippen molar-refractivity contribution < 1.29 is 0 Å². The first kappa shape index (κ1) is 8.31. The molecule has 0 aromatic rings. The summed E-state index contributed by atoms with van der Waals surface area (Å²) >= 11 is 0. The predicted octanol–water partition coefficient (Wildman–Crippen LogP) is 2.20. The zero-order valence-corrected chi connectivity index (χ0v) is 8.14. The van der Waals surface area contributed by atoms with Crippen LogP contribution in [0.25, 0.3) is 0 Å². The van der Waals surface area contributed by atoms with E-state index in [4.69, 9.17) is 0 Å². The largest absolute Gasteiger partial charge is 0.313 e. The fourth-order valence-corrected chi connectivity index (χ4v) is 2.92. The first-order chi connectivity index (χ1) is 5.72. The van der Waals surface area contributed by atoms with Gasteiger partial charge in [-0.2, -0.15) is 0 Å². The van der Waals surface area contributed by atoms with Gasteiger partial charge in [0.05, 0.1) is 0 Å². The lowest BCUT2D eigenvalue weighted by atomic mass is 9.90. The molecule has 0 aromatic carbocycles. The fraction of sp³-hybridized carbons (Fsp3) is 0.818. The highest BCUT2D eigenvalue weighted by Crippen LogP contribution is 2.55. The summed E-state index contributed by atoms with van der Waals surface area (Å²) in [6.07, 6.45) is 4.41. The highest BCUT2D eigenvalue weighted by molar-refractivity contribution is 5.09. The highest BCUT2D eigenvalue weighted by Gasteiger charge is 2.47. The Kier molecular flexibility index (Phi) is 1.99. The van der Waals surface area contributed by atoms with Gasteiger partial charge in [0.1, 0.15) is 0 Å². The van der Waals surface area contributed by atoms with Gasteiger partial charge in [0, 0.05) is 6.04 Å². The van der Waals surface area contributed by atoms with Crippen molar-refractivity contribution in [3.8, 4) is 0 Å². The normalized spacial score (nSPS) is 40.7. The van der Waals surface area contributed by atoms with Crippen LogP contribution in [0.4, 0.5) is 0 Å². The van der Waals surface area contributed by atoms with E-state index in [2.05, 4.69) is 25.9 Å². The molecule has 0 aromatic heterocycles. The molecule has 3 unspecified atom stereocenters. The summed E-state index contributed by atoms with van der Waals surface area (Å²) in [4.78, 5) is 0. The molecular weight excluding hydrogens is 146 g/mol. The summed E-state index contributed by atoms with van der Waals surface area (Å²) in [6, 6.07) is 0.581. The van der Waals surface area contributed by atoms with E-state index in [9.17, 15) is 0 Å². The van der Waals surface area contributed by atoms with Crippen LogP contribution in [-0.2, 0) is 0 Å². The number of fused-ring (bicyclic) bond motifs is 1. The van der Waals surface area contributed by atoms with Crippen LogP contribution in [0.2, 0.25) is 0 Å². The zero-order chi connectivity index (χ0) is 8.72. The monoisotopic (exact) mass is 165 g/mol. The predicted molar refractivity (Wildman–Crippen MR) is 52.0 cm³/mol. The molecule has 0 radical (unpaired) electrons. The van der Waals surface area contributed by atoms with E-state index >= 15 is 0 Å². The van der Waals surface area contributed by atoms with Gasteiger partial charge in [-0.1, -0.05) is 12.2 Å². The van der Waals surface area contributed by atoms with Crippen LogP contribution < -0.4 is 5.32 Å². The Morgan fingerprint density at radius 3 is 2.33 bits per heavy atom. The molecule has 1 heteroatoms. The molecule has 2 aliphatic carbocycles. The van der Waals surface area contributed by atoms with Crippen LogP contribution in [0.1, 0.15) is 26.2 Å². The molecule has 0 saturated heterocycles. The smallest absolute Gasteiger partial charge is 0.0299 e. The van der Waals surface area contributed by atoms with Crippen molar-refractivity contribution in [1.29, 1.82) is 0 Å². The maximum absolute atomic E-state index is 4.05. The molecule has 2 saturated carbocycles. The standard InChI is InChI=1S/C11H19N/c1-7(2)11(12-3)10-5-8-4-9(8)6-10/h8-12H,1,4-6H2,2-3H3. The van der Waals surface area contributed by atoms with Gasteiger partial charge < -0.3 is 5.32 Å². The van der Waals surface area contributed by atoms with Gasteiger partial charge >= 0.3 is 0 Å². The Morgan fingerprint density at radius 2 is 1.92 bits per heavy atom. The van der Waals surface area contributed by atoms with Gasteiger partial charge in [-0.05, 0) is 51.0 Å². The van der Waals surface area contributed by atoms with Crippen LogP contribution in [0, 0.1) is 17.8 Å². The minimum absolute atomic E-state index is 0.581. The number of rotatable bonds is 3. The van der Waals surface area contributed by atoms with E-state index in [-0.39, 0.29) is 0 Å². The maximum atomic E-state index is 4.05. The molecule has 2 fully saturated rings. The second kappa shape index (κ2) is 2.88. The minimum atomic E-state index is 0.581. The van der Waals surface area contributed by atoms with Gasteiger partial charge in [0.15, 0.2) is 0 Å². The number of nitrogens with one attached hydrogen (secondary N) is 1. The van der Waals surface area contributed by atoms with Gasteiger partial charge in [-0.15, -0.1) is 0 Å². The van der Waals surface area contributed by atoms with E-state index in [1.807, 2.05) is 0 Å². The summed E-state index contributed by atoms with van der Waals surface area (Å²) in [5.41, 5.74) is 1.31. The molecule has 0 aliphatic heterocycles. The maximum Gasteiger partial charge on any atom is 0.0299 e. The van der Waals surface area contributed by atoms with Crippen molar-refractivity contribution in [2.75, 3.05) is 7.05 Å². The van der Waals surface area contributed by atoms with Gasteiger partial charge in [0.25, 0.3) is 0 Å². The molecule has 12 heavy (non-hydrogen) atoms. The molecule has 1 nitrogen and oxygen atoms in total. The van der Waals surface area contributed by atoms with E-state index in [1.54, 1.807) is 0 Å². The van der Waals surface area contributed by atoms with E-state index in [0.717, 1.165) is 17.8 Å². The van der Waals surface area contributed by atoms with Crippen molar-refractivity contribution in [3.63, 3.8) is 0 Å². The second-order valence-corrected chi connectivity index (χ2v) is 4.60. The van der Waals surface area contributed by atoms with Crippen LogP contribution >= 0.6 is 0 Å². The van der Waals surface area contributed by atoms with Crippen molar-refractivity contribution in [1.82, 2.24) is 5.32 Å². The first-order valence-corrected chi connectivity index (χ1v) is 5.05. The van der Waals surface area contributed by atoms with Crippen molar-refractivity contribution in [3.05, 3.63) is 12.2 Å². The molecule has 1 N–H and O–H groups in total. The van der Waals surface area contributed by atoms with Crippen molar-refractivity contribution in [2.24, 2.45) is 17.8 Å². The highest BCUT2D eigenvalue weighted by atomic mass is 14.9. The SMILES string of the molecule is C=C(C)C(NC)C1CC2CC2C1. The molecule has 3 atom stereocenters. The van der Waals surface area contributed by atoms with Crippen LogP contribution in [0.3, 0.4) is 0 Å². The third-order valence-corrected chi connectivity index (χ3v) is 3.59. The fourth-order valence-electron chi connectivity index (χ4n) is 2.92.